The lowest BCUT2D eigenvalue weighted by molar-refractivity contribution is -0.145. The van der Waals surface area contributed by atoms with Crippen LogP contribution in [-0.2, 0) is 39.8 Å². The van der Waals surface area contributed by atoms with Crippen LogP contribution in [-0.4, -0.2) is 53.1 Å². The molecule has 208 valence electrons. The van der Waals surface area contributed by atoms with E-state index in [-0.39, 0.29) is 46.6 Å². The molecule has 2 unspecified atom stereocenters. The molecule has 1 aliphatic heterocycles. The van der Waals surface area contributed by atoms with Crippen molar-refractivity contribution in [3.05, 3.63) is 53.6 Å². The molecule has 39 heavy (non-hydrogen) atoms. The lowest BCUT2D eigenvalue weighted by atomic mass is 9.62. The van der Waals surface area contributed by atoms with E-state index in [4.69, 9.17) is 4.74 Å². The van der Waals surface area contributed by atoms with E-state index in [9.17, 15) is 31.2 Å². The molecule has 0 amide bonds. The average molecular weight is 576 g/mol. The largest absolute Gasteiger partial charge is 0.464 e. The van der Waals surface area contributed by atoms with Gasteiger partial charge in [0.2, 0.25) is 10.0 Å². The highest BCUT2D eigenvalue weighted by Crippen LogP contribution is 2.43. The van der Waals surface area contributed by atoms with E-state index in [2.05, 4.69) is 14.4 Å². The molecule has 0 fully saturated rings. The highest BCUT2D eigenvalue weighted by Gasteiger charge is 2.54. The maximum Gasteiger partial charge on any atom is 0.302 e. The Morgan fingerprint density at radius 1 is 1.18 bits per heavy atom. The Balaban J connectivity index is 1.84. The molecular weight excluding hydrogens is 546 g/mol. The van der Waals surface area contributed by atoms with Gasteiger partial charge in [0.15, 0.2) is 11.6 Å². The lowest BCUT2D eigenvalue weighted by Crippen LogP contribution is -2.55. The highest BCUT2D eigenvalue weighted by atomic mass is 32.2. The number of amidine groups is 1. The van der Waals surface area contributed by atoms with E-state index >= 15 is 0 Å². The Morgan fingerprint density at radius 3 is 2.51 bits per heavy atom. The molecule has 0 spiro atoms. The van der Waals surface area contributed by atoms with Gasteiger partial charge in [-0.1, -0.05) is 38.1 Å². The number of fused-ring (bicyclic) bond motifs is 2. The number of Topliss-reactive ketones (excluding diaryl/α,β-unsaturated/α-hetero) is 2. The van der Waals surface area contributed by atoms with Crippen molar-refractivity contribution in [2.24, 2.45) is 16.2 Å². The predicted molar refractivity (Wildman–Crippen MR) is 145 cm³/mol. The van der Waals surface area contributed by atoms with Crippen molar-refractivity contribution >= 4 is 54.8 Å². The molecule has 2 N–H and O–H groups in total. The highest BCUT2D eigenvalue weighted by molar-refractivity contribution is 7.92. The monoisotopic (exact) mass is 575 g/mol. The van der Waals surface area contributed by atoms with Gasteiger partial charge < -0.3 is 10.1 Å². The first-order valence-electron chi connectivity index (χ1n) is 12.2. The molecule has 0 bridgehead atoms. The molecule has 2 aromatic rings. The third kappa shape index (κ3) is 5.59. The first kappa shape index (κ1) is 28.4. The Kier molecular flexibility index (Phi) is 7.43. The first-order valence-corrected chi connectivity index (χ1v) is 15.5. The van der Waals surface area contributed by atoms with Crippen molar-refractivity contribution in [1.29, 1.82) is 0 Å². The Hall–Kier alpha value is -3.58. The summed E-state index contributed by atoms with van der Waals surface area (Å²) in [5.41, 5.74) is -0.713. The van der Waals surface area contributed by atoms with Gasteiger partial charge in [0.1, 0.15) is 23.3 Å². The molecule has 1 heterocycles. The predicted octanol–water partition coefficient (Wildman–Crippen LogP) is 2.89. The van der Waals surface area contributed by atoms with E-state index in [0.29, 0.717) is 12.0 Å². The summed E-state index contributed by atoms with van der Waals surface area (Å²) in [6, 6.07) is 10.3. The van der Waals surface area contributed by atoms with Gasteiger partial charge in [0, 0.05) is 18.2 Å². The summed E-state index contributed by atoms with van der Waals surface area (Å²) < 4.78 is 61.0. The number of carbonyl (C=O) groups is 3. The van der Waals surface area contributed by atoms with E-state index in [1.807, 2.05) is 13.8 Å². The van der Waals surface area contributed by atoms with E-state index < -0.39 is 48.9 Å². The average Bonchev–Trinajstić information content (AvgIpc) is 2.83. The van der Waals surface area contributed by atoms with Crippen LogP contribution in [0.3, 0.4) is 0 Å². The van der Waals surface area contributed by atoms with Crippen molar-refractivity contribution in [2.75, 3.05) is 22.9 Å². The van der Waals surface area contributed by atoms with Crippen molar-refractivity contribution < 1.29 is 36.0 Å². The fourth-order valence-electron chi connectivity index (χ4n) is 4.87. The number of carbonyl (C=O) groups excluding carboxylic acids is 3. The molecule has 13 heteroatoms. The summed E-state index contributed by atoms with van der Waals surface area (Å²) in [7, 11) is -8.11. The van der Waals surface area contributed by atoms with Crippen molar-refractivity contribution in [1.82, 2.24) is 0 Å². The number of nitrogens with zero attached hydrogens (tertiary/aromatic N) is 1. The number of anilines is 2. The third-order valence-electron chi connectivity index (χ3n) is 6.69. The number of esters is 1. The molecule has 0 radical (unpaired) electrons. The number of nitrogens with one attached hydrogen (secondary N) is 2. The van der Waals surface area contributed by atoms with Gasteiger partial charge >= 0.3 is 5.97 Å². The number of hydrogen-bond acceptors (Lipinski definition) is 9. The number of hydrogen-bond donors (Lipinski definition) is 2. The summed E-state index contributed by atoms with van der Waals surface area (Å²) in [5.74, 6) is -3.62. The summed E-state index contributed by atoms with van der Waals surface area (Å²) in [6.07, 6.45) is 1.75. The fraction of sp³-hybridized carbons (Fsp3) is 0.385. The second-order valence-electron chi connectivity index (χ2n) is 10.2. The van der Waals surface area contributed by atoms with Crippen LogP contribution in [0.4, 0.5) is 11.4 Å². The molecule has 4 rings (SSSR count). The van der Waals surface area contributed by atoms with Crippen molar-refractivity contribution in [3.8, 4) is 0 Å². The number of sulfonamides is 2. The second kappa shape index (κ2) is 10.2. The minimum atomic E-state index is -4.43. The van der Waals surface area contributed by atoms with Crippen molar-refractivity contribution in [2.45, 2.75) is 43.9 Å². The standard InChI is InChI=1S/C26H29N3O8S2/c1-15(2)11-12-26(14-37-16(3)30)19-8-6-5-7-18(19)23(31)22(24(26)32)25-27-20-10-9-17(28-38(4,33)34)13-21(20)39(35,36)29-25/h5-10,13,15,22,28H,11-12,14H2,1-4H3,(H,27,29). The van der Waals surface area contributed by atoms with Crippen LogP contribution in [0.5, 0.6) is 0 Å². The molecule has 2 atom stereocenters. The first-order chi connectivity index (χ1) is 18.1. The maximum absolute atomic E-state index is 14.3. The smallest absolute Gasteiger partial charge is 0.302 e. The Labute approximate surface area is 227 Å². The van der Waals surface area contributed by atoms with Crippen molar-refractivity contribution in [3.63, 3.8) is 0 Å². The minimum absolute atomic E-state index is 0.00751. The summed E-state index contributed by atoms with van der Waals surface area (Å²) >= 11 is 0. The third-order valence-corrected chi connectivity index (χ3v) is 8.63. The number of ether oxygens (including phenoxy) is 1. The van der Waals surface area contributed by atoms with Gasteiger partial charge in [-0.25, -0.2) is 8.42 Å². The second-order valence-corrected chi connectivity index (χ2v) is 13.5. The van der Waals surface area contributed by atoms with E-state index in [1.165, 1.54) is 19.1 Å². The molecular formula is C26H29N3O8S2. The van der Waals surface area contributed by atoms with Crippen LogP contribution >= 0.6 is 0 Å². The lowest BCUT2D eigenvalue weighted by Gasteiger charge is -2.40. The molecule has 2 aromatic carbocycles. The molecule has 0 saturated heterocycles. The molecule has 1 aliphatic carbocycles. The Bertz CT molecular complexity index is 1610. The van der Waals surface area contributed by atoms with Gasteiger partial charge in [-0.3, -0.25) is 19.1 Å². The molecule has 2 aliphatic rings. The number of ketones is 2. The maximum atomic E-state index is 14.3. The Morgan fingerprint density at radius 2 is 1.87 bits per heavy atom. The zero-order valence-electron chi connectivity index (χ0n) is 21.8. The van der Waals surface area contributed by atoms with Crippen LogP contribution < -0.4 is 10.0 Å². The van der Waals surface area contributed by atoms with Gasteiger partial charge in [-0.05, 0) is 42.5 Å². The molecule has 0 saturated carbocycles. The van der Waals surface area contributed by atoms with E-state index in [0.717, 1.165) is 12.3 Å². The summed E-state index contributed by atoms with van der Waals surface area (Å²) in [4.78, 5) is 39.5. The van der Waals surface area contributed by atoms with Gasteiger partial charge in [-0.2, -0.15) is 8.42 Å². The number of rotatable bonds is 8. The SMILES string of the molecule is CC(=O)OCC1(CCC(C)C)C(=O)C(C2=NS(=O)(=O)c3cc(NS(C)(=O)=O)ccc3N2)C(=O)c2ccccc21. The van der Waals surface area contributed by atoms with E-state index in [1.54, 1.807) is 24.3 Å². The van der Waals surface area contributed by atoms with Crippen LogP contribution in [0.2, 0.25) is 0 Å². The zero-order chi connectivity index (χ0) is 28.8. The quantitative estimate of drug-likeness (QED) is 0.356. The summed E-state index contributed by atoms with van der Waals surface area (Å²) in [5, 5.41) is 2.82. The topological polar surface area (TPSA) is 165 Å². The normalized spacial score (nSPS) is 21.9. The minimum Gasteiger partial charge on any atom is -0.464 e. The molecule has 11 nitrogen and oxygen atoms in total. The molecule has 0 aromatic heterocycles. The zero-order valence-corrected chi connectivity index (χ0v) is 23.5. The van der Waals surface area contributed by atoms with Crippen LogP contribution in [0.1, 0.15) is 49.5 Å². The fourth-order valence-corrected chi connectivity index (χ4v) is 6.60. The summed E-state index contributed by atoms with van der Waals surface area (Å²) in [6.45, 7) is 4.86. The van der Waals surface area contributed by atoms with Gasteiger partial charge in [0.25, 0.3) is 10.0 Å². The van der Waals surface area contributed by atoms with Gasteiger partial charge in [0.05, 0.1) is 17.4 Å². The van der Waals surface area contributed by atoms with Crippen LogP contribution in [0.15, 0.2) is 51.8 Å². The van der Waals surface area contributed by atoms with Crippen LogP contribution in [0.25, 0.3) is 0 Å². The van der Waals surface area contributed by atoms with Gasteiger partial charge in [-0.15, -0.1) is 4.40 Å². The van der Waals surface area contributed by atoms with Crippen LogP contribution in [0, 0.1) is 11.8 Å². The number of benzene rings is 2.